The Morgan fingerprint density at radius 1 is 1.15 bits per heavy atom. The van der Waals surface area contributed by atoms with Crippen molar-refractivity contribution in [2.45, 2.75) is 18.5 Å². The number of rotatable bonds is 6. The highest BCUT2D eigenvalue weighted by atomic mass is 35.5. The number of likely N-dealkylation sites (tertiary alicyclic amines) is 1. The average Bonchev–Trinajstić information content (AvgIpc) is 3.39. The van der Waals surface area contributed by atoms with E-state index in [1.807, 2.05) is 0 Å². The first kappa shape index (κ1) is 23.7. The molecule has 1 fully saturated rings. The summed E-state index contributed by atoms with van der Waals surface area (Å²) in [4.78, 5) is 51.6. The van der Waals surface area contributed by atoms with Gasteiger partial charge in [-0.15, -0.1) is 11.3 Å². The number of anilines is 1. The molecular formula is C23H21ClN4O5S. The number of carbonyl (C=O) groups excluding carboxylic acids is 2. The van der Waals surface area contributed by atoms with Crippen molar-refractivity contribution in [1.29, 1.82) is 0 Å². The number of thiophene rings is 1. The number of pyridine rings is 1. The number of aromatic nitrogens is 1. The summed E-state index contributed by atoms with van der Waals surface area (Å²) in [6, 6.07) is 11.5. The number of carboxylic acid groups (broad SMARTS) is 1. The lowest BCUT2D eigenvalue weighted by atomic mass is 10.1. The van der Waals surface area contributed by atoms with Crippen LogP contribution in [0, 0.1) is 0 Å². The van der Waals surface area contributed by atoms with E-state index in [1.54, 1.807) is 42.3 Å². The van der Waals surface area contributed by atoms with Crippen LogP contribution in [0.25, 0.3) is 5.69 Å². The Kier molecular flexibility index (Phi) is 6.82. The summed E-state index contributed by atoms with van der Waals surface area (Å²) in [5, 5.41) is 15.3. The van der Waals surface area contributed by atoms with E-state index in [0.29, 0.717) is 27.9 Å². The third kappa shape index (κ3) is 5.04. The van der Waals surface area contributed by atoms with Crippen LogP contribution in [-0.4, -0.2) is 58.0 Å². The van der Waals surface area contributed by atoms with Crippen molar-refractivity contribution < 1.29 is 19.5 Å². The monoisotopic (exact) mass is 500 g/mol. The van der Waals surface area contributed by atoms with Crippen LogP contribution in [0.1, 0.15) is 26.5 Å². The Hall–Kier alpha value is -3.47. The van der Waals surface area contributed by atoms with Crippen LogP contribution in [0.4, 0.5) is 5.69 Å². The zero-order valence-corrected chi connectivity index (χ0v) is 19.6. The van der Waals surface area contributed by atoms with Crippen molar-refractivity contribution in [3.8, 4) is 5.69 Å². The molecule has 0 saturated carbocycles. The molecule has 2 amide bonds. The van der Waals surface area contributed by atoms with Crippen LogP contribution >= 0.6 is 22.9 Å². The summed E-state index contributed by atoms with van der Waals surface area (Å²) < 4.78 is 1.83. The molecule has 9 nitrogen and oxygen atoms in total. The Morgan fingerprint density at radius 3 is 2.62 bits per heavy atom. The zero-order valence-electron chi connectivity index (χ0n) is 18.0. The summed E-state index contributed by atoms with van der Waals surface area (Å²) in [5.74, 6) is -1.87. The summed E-state index contributed by atoms with van der Waals surface area (Å²) in [5.41, 5.74) is 0.0533. The molecule has 1 aromatic carbocycles. The van der Waals surface area contributed by atoms with Crippen molar-refractivity contribution >= 4 is 46.4 Å². The fraction of sp³-hybridized carbons (Fsp3) is 0.217. The van der Waals surface area contributed by atoms with Gasteiger partial charge in [0.25, 0.3) is 11.5 Å². The first-order valence-electron chi connectivity index (χ1n) is 10.4. The highest BCUT2D eigenvalue weighted by Gasteiger charge is 2.36. The van der Waals surface area contributed by atoms with Gasteiger partial charge in [0.05, 0.1) is 26.5 Å². The molecule has 0 bridgehead atoms. The van der Waals surface area contributed by atoms with Gasteiger partial charge in [0.2, 0.25) is 5.91 Å². The Labute approximate surface area is 203 Å². The van der Waals surface area contributed by atoms with E-state index in [2.05, 4.69) is 10.6 Å². The van der Waals surface area contributed by atoms with Crippen LogP contribution in [0.2, 0.25) is 4.34 Å². The summed E-state index contributed by atoms with van der Waals surface area (Å²) in [6.45, 7) is 0.463. The van der Waals surface area contributed by atoms with Gasteiger partial charge in [0.1, 0.15) is 0 Å². The van der Waals surface area contributed by atoms with Crippen molar-refractivity contribution in [2.24, 2.45) is 0 Å². The minimum atomic E-state index is -1.24. The van der Waals surface area contributed by atoms with Gasteiger partial charge in [0.15, 0.2) is 0 Å². The highest BCUT2D eigenvalue weighted by molar-refractivity contribution is 7.18. The molecule has 11 heteroatoms. The number of halogens is 1. The first-order valence-corrected chi connectivity index (χ1v) is 11.5. The van der Waals surface area contributed by atoms with Crippen LogP contribution in [0.5, 0.6) is 0 Å². The third-order valence-corrected chi connectivity index (χ3v) is 6.81. The predicted octanol–water partition coefficient (Wildman–Crippen LogP) is 2.69. The molecule has 2 atom stereocenters. The van der Waals surface area contributed by atoms with Crippen molar-refractivity contribution in [3.63, 3.8) is 0 Å². The number of carboxylic acids is 1. The number of hydrogen-bond acceptors (Lipinski definition) is 6. The summed E-state index contributed by atoms with van der Waals surface area (Å²) in [6.07, 6.45) is 1.90. The third-order valence-electron chi connectivity index (χ3n) is 5.58. The Bertz CT molecular complexity index is 1320. The lowest BCUT2D eigenvalue weighted by Crippen LogP contribution is -2.37. The van der Waals surface area contributed by atoms with Gasteiger partial charge < -0.3 is 15.7 Å². The molecule has 34 heavy (non-hydrogen) atoms. The highest BCUT2D eigenvalue weighted by Crippen LogP contribution is 2.24. The van der Waals surface area contributed by atoms with E-state index in [1.165, 1.54) is 40.3 Å². The maximum atomic E-state index is 13.0. The second-order valence-corrected chi connectivity index (χ2v) is 9.61. The van der Waals surface area contributed by atoms with Crippen LogP contribution in [0.3, 0.4) is 0 Å². The lowest BCUT2D eigenvalue weighted by molar-refractivity contribution is -0.119. The number of nitrogens with zero attached hydrogens (tertiary/aromatic N) is 2. The van der Waals surface area contributed by atoms with Gasteiger partial charge in [-0.25, -0.2) is 4.79 Å². The second-order valence-electron chi connectivity index (χ2n) is 7.90. The van der Waals surface area contributed by atoms with E-state index in [9.17, 15) is 24.3 Å². The molecule has 1 saturated heterocycles. The maximum absolute atomic E-state index is 13.0. The standard InChI is InChI=1S/C23H21ClN4O5S/c1-27-12-13(25-22(31)18-7-8-19(24)34-18)10-17(27)21(30)26-16-6-5-14(11-15(16)23(32)33)28-9-3-2-4-20(28)29/h2-9,11,13,17H,10,12H2,1H3,(H,25,31)(H,26,30)(H,32,33)/t13?,17-/m0/s1. The molecule has 3 heterocycles. The van der Waals surface area contributed by atoms with E-state index in [0.717, 1.165) is 0 Å². The summed E-state index contributed by atoms with van der Waals surface area (Å²) >= 11 is 7.07. The smallest absolute Gasteiger partial charge is 0.337 e. The van der Waals surface area contributed by atoms with Crippen molar-refractivity contribution in [3.05, 3.63) is 79.9 Å². The molecule has 4 rings (SSSR count). The van der Waals surface area contributed by atoms with Gasteiger partial charge in [-0.05, 0) is 49.9 Å². The van der Waals surface area contributed by atoms with Crippen molar-refractivity contribution in [1.82, 2.24) is 14.8 Å². The Morgan fingerprint density at radius 2 is 1.94 bits per heavy atom. The molecule has 3 N–H and O–H groups in total. The van der Waals surface area contributed by atoms with Crippen LogP contribution in [-0.2, 0) is 4.79 Å². The summed E-state index contributed by atoms with van der Waals surface area (Å²) in [7, 11) is 1.77. The molecule has 0 radical (unpaired) electrons. The average molecular weight is 501 g/mol. The number of carbonyl (C=O) groups is 3. The van der Waals surface area contributed by atoms with Gasteiger partial charge >= 0.3 is 5.97 Å². The second kappa shape index (κ2) is 9.80. The zero-order chi connectivity index (χ0) is 24.4. The van der Waals surface area contributed by atoms with Gasteiger partial charge in [-0.1, -0.05) is 17.7 Å². The van der Waals surface area contributed by atoms with E-state index in [4.69, 9.17) is 11.6 Å². The number of nitrogens with one attached hydrogen (secondary N) is 2. The molecular weight excluding hydrogens is 480 g/mol. The molecule has 0 aliphatic carbocycles. The number of benzene rings is 1. The molecule has 3 aromatic rings. The lowest BCUT2D eigenvalue weighted by Gasteiger charge is -2.19. The largest absolute Gasteiger partial charge is 0.478 e. The number of aromatic carboxylic acids is 1. The quantitative estimate of drug-likeness (QED) is 0.478. The molecule has 176 valence electrons. The minimum absolute atomic E-state index is 0.124. The van der Waals surface area contributed by atoms with Crippen molar-refractivity contribution in [2.75, 3.05) is 18.9 Å². The topological polar surface area (TPSA) is 121 Å². The molecule has 1 aliphatic rings. The predicted molar refractivity (Wildman–Crippen MR) is 129 cm³/mol. The fourth-order valence-corrected chi connectivity index (χ4v) is 4.87. The minimum Gasteiger partial charge on any atom is -0.478 e. The first-order chi connectivity index (χ1) is 16.2. The van der Waals surface area contributed by atoms with E-state index < -0.39 is 12.0 Å². The number of likely N-dealkylation sites (N-methyl/N-ethyl adjacent to an activating group) is 1. The maximum Gasteiger partial charge on any atom is 0.337 e. The van der Waals surface area contributed by atoms with Gasteiger partial charge in [-0.3, -0.25) is 23.9 Å². The van der Waals surface area contributed by atoms with Crippen LogP contribution in [0.15, 0.2) is 59.5 Å². The number of hydrogen-bond donors (Lipinski definition) is 3. The molecule has 2 aromatic heterocycles. The Balaban J connectivity index is 1.47. The molecule has 0 spiro atoms. The molecule has 1 aliphatic heterocycles. The fourth-order valence-electron chi connectivity index (χ4n) is 3.93. The van der Waals surface area contributed by atoms with Crippen LogP contribution < -0.4 is 16.2 Å². The van der Waals surface area contributed by atoms with Gasteiger partial charge in [0, 0.05) is 30.5 Å². The SMILES string of the molecule is CN1CC(NC(=O)c2ccc(Cl)s2)C[C@H]1C(=O)Nc1ccc(-n2ccccc2=O)cc1C(=O)O. The normalized spacial score (nSPS) is 17.9. The van der Waals surface area contributed by atoms with E-state index in [-0.39, 0.29) is 34.7 Å². The number of amides is 2. The molecule has 1 unspecified atom stereocenters. The van der Waals surface area contributed by atoms with Gasteiger partial charge in [-0.2, -0.15) is 0 Å². The van der Waals surface area contributed by atoms with E-state index >= 15 is 0 Å².